The molecule has 0 fully saturated rings. The number of nitrogens with one attached hydrogen (secondary N) is 1. The van der Waals surface area contributed by atoms with Crippen molar-refractivity contribution in [1.29, 1.82) is 0 Å². The van der Waals surface area contributed by atoms with Gasteiger partial charge >= 0.3 is 5.97 Å². The fourth-order valence-electron chi connectivity index (χ4n) is 2.06. The van der Waals surface area contributed by atoms with Crippen LogP contribution in [-0.2, 0) is 9.59 Å². The van der Waals surface area contributed by atoms with Gasteiger partial charge in [-0.3, -0.25) is 4.79 Å². The molecule has 21 heavy (non-hydrogen) atoms. The van der Waals surface area contributed by atoms with Gasteiger partial charge in [0.2, 0.25) is 5.91 Å². The number of hydrogen-bond acceptors (Lipinski definition) is 3. The lowest BCUT2D eigenvalue weighted by atomic mass is 9.99. The number of aryl methyl sites for hydroxylation is 2. The van der Waals surface area contributed by atoms with Gasteiger partial charge in [0, 0.05) is 4.90 Å². The van der Waals surface area contributed by atoms with Crippen molar-refractivity contribution in [2.75, 3.05) is 5.75 Å². The number of carbonyl (C=O) groups excluding carboxylic acids is 1. The molecule has 0 saturated heterocycles. The van der Waals surface area contributed by atoms with Gasteiger partial charge in [-0.25, -0.2) is 4.79 Å². The molecule has 1 aromatic rings. The van der Waals surface area contributed by atoms with Crippen molar-refractivity contribution in [1.82, 2.24) is 5.32 Å². The lowest BCUT2D eigenvalue weighted by molar-refractivity contribution is -0.143. The van der Waals surface area contributed by atoms with Crippen LogP contribution in [0.1, 0.15) is 31.4 Å². The molecule has 116 valence electrons. The minimum Gasteiger partial charge on any atom is -0.480 e. The molecular formula is C16H23NO3S. The van der Waals surface area contributed by atoms with Gasteiger partial charge in [-0.15, -0.1) is 11.8 Å². The molecule has 0 aliphatic heterocycles. The molecular weight excluding hydrogens is 286 g/mol. The molecule has 0 aliphatic rings. The molecule has 5 heteroatoms. The largest absolute Gasteiger partial charge is 0.480 e. The van der Waals surface area contributed by atoms with Crippen LogP contribution in [0.5, 0.6) is 0 Å². The van der Waals surface area contributed by atoms with Crippen molar-refractivity contribution >= 4 is 23.6 Å². The average Bonchev–Trinajstić information content (AvgIpc) is 2.40. The highest BCUT2D eigenvalue weighted by atomic mass is 32.2. The van der Waals surface area contributed by atoms with Crippen LogP contribution in [-0.4, -0.2) is 28.8 Å². The first kappa shape index (κ1) is 17.6. The molecule has 0 radical (unpaired) electrons. The molecule has 1 aromatic carbocycles. The molecule has 1 rings (SSSR count). The zero-order valence-corrected chi connectivity index (χ0v) is 13.8. The number of carboxylic acids is 1. The van der Waals surface area contributed by atoms with Crippen LogP contribution in [0.15, 0.2) is 23.1 Å². The summed E-state index contributed by atoms with van der Waals surface area (Å²) in [6.45, 7) is 7.77. The van der Waals surface area contributed by atoms with E-state index in [1.807, 2.05) is 39.8 Å². The Morgan fingerprint density at radius 1 is 1.24 bits per heavy atom. The quantitative estimate of drug-likeness (QED) is 0.760. The molecule has 4 nitrogen and oxygen atoms in total. The Bertz CT molecular complexity index is 496. The molecule has 0 spiro atoms. The summed E-state index contributed by atoms with van der Waals surface area (Å²) in [6.07, 6.45) is 0.710. The Labute approximate surface area is 130 Å². The van der Waals surface area contributed by atoms with Crippen LogP contribution in [0.25, 0.3) is 0 Å². The predicted molar refractivity (Wildman–Crippen MR) is 85.7 cm³/mol. The van der Waals surface area contributed by atoms with Crippen molar-refractivity contribution in [3.63, 3.8) is 0 Å². The van der Waals surface area contributed by atoms with Crippen molar-refractivity contribution in [3.8, 4) is 0 Å². The van der Waals surface area contributed by atoms with Crippen LogP contribution in [0, 0.1) is 19.8 Å². The van der Waals surface area contributed by atoms with E-state index in [-0.39, 0.29) is 17.6 Å². The first-order valence-corrected chi connectivity index (χ1v) is 8.05. The van der Waals surface area contributed by atoms with Crippen molar-refractivity contribution in [3.05, 3.63) is 29.3 Å². The van der Waals surface area contributed by atoms with Crippen LogP contribution in [0.3, 0.4) is 0 Å². The summed E-state index contributed by atoms with van der Waals surface area (Å²) in [7, 11) is 0. The SMILES string of the molecule is CCC(C)C(NC(=O)CSc1cc(C)cc(C)c1)C(=O)O. The van der Waals surface area contributed by atoms with E-state index in [4.69, 9.17) is 5.11 Å². The number of hydrogen-bond donors (Lipinski definition) is 2. The maximum atomic E-state index is 11.9. The lowest BCUT2D eigenvalue weighted by Gasteiger charge is -2.20. The van der Waals surface area contributed by atoms with Gasteiger partial charge in [-0.05, 0) is 43.0 Å². The Hall–Kier alpha value is -1.49. The summed E-state index contributed by atoms with van der Waals surface area (Å²) < 4.78 is 0. The van der Waals surface area contributed by atoms with Gasteiger partial charge < -0.3 is 10.4 Å². The van der Waals surface area contributed by atoms with Crippen LogP contribution < -0.4 is 5.32 Å². The third kappa shape index (κ3) is 5.79. The third-order valence-corrected chi connectivity index (χ3v) is 4.34. The maximum Gasteiger partial charge on any atom is 0.326 e. The number of aliphatic carboxylic acids is 1. The molecule has 2 atom stereocenters. The topological polar surface area (TPSA) is 66.4 Å². The summed E-state index contributed by atoms with van der Waals surface area (Å²) in [5.74, 6) is -1.08. The van der Waals surface area contributed by atoms with Crippen molar-refractivity contribution < 1.29 is 14.7 Å². The van der Waals surface area contributed by atoms with Gasteiger partial charge in [0.15, 0.2) is 0 Å². The maximum absolute atomic E-state index is 11.9. The van der Waals surface area contributed by atoms with Gasteiger partial charge in [0.1, 0.15) is 6.04 Å². The normalized spacial score (nSPS) is 13.5. The van der Waals surface area contributed by atoms with E-state index in [2.05, 4.69) is 11.4 Å². The summed E-state index contributed by atoms with van der Waals surface area (Å²) >= 11 is 1.42. The highest BCUT2D eigenvalue weighted by Crippen LogP contribution is 2.21. The number of rotatable bonds is 7. The monoisotopic (exact) mass is 309 g/mol. The van der Waals surface area contributed by atoms with Gasteiger partial charge in [0.05, 0.1) is 5.75 Å². The van der Waals surface area contributed by atoms with E-state index in [0.717, 1.165) is 16.0 Å². The summed E-state index contributed by atoms with van der Waals surface area (Å²) in [5, 5.41) is 11.8. The second-order valence-corrected chi connectivity index (χ2v) is 6.43. The van der Waals surface area contributed by atoms with E-state index in [0.29, 0.717) is 6.42 Å². The number of thioether (sulfide) groups is 1. The van der Waals surface area contributed by atoms with Crippen LogP contribution in [0.4, 0.5) is 0 Å². The lowest BCUT2D eigenvalue weighted by Crippen LogP contribution is -2.45. The number of benzene rings is 1. The Morgan fingerprint density at radius 2 is 1.81 bits per heavy atom. The van der Waals surface area contributed by atoms with Gasteiger partial charge in [-0.2, -0.15) is 0 Å². The first-order valence-electron chi connectivity index (χ1n) is 7.06. The van der Waals surface area contributed by atoms with E-state index in [1.165, 1.54) is 11.8 Å². The Balaban J connectivity index is 2.58. The minimum absolute atomic E-state index is 0.0855. The molecule has 1 amide bonds. The number of amides is 1. The first-order chi connectivity index (χ1) is 9.83. The Morgan fingerprint density at radius 3 is 2.29 bits per heavy atom. The Kier molecular flexibility index (Phi) is 6.75. The molecule has 0 bridgehead atoms. The number of carbonyl (C=O) groups is 2. The van der Waals surface area contributed by atoms with Gasteiger partial charge in [-0.1, -0.05) is 26.3 Å². The van der Waals surface area contributed by atoms with E-state index in [1.54, 1.807) is 0 Å². The summed E-state index contributed by atoms with van der Waals surface area (Å²) in [4.78, 5) is 24.1. The zero-order chi connectivity index (χ0) is 16.0. The second-order valence-electron chi connectivity index (χ2n) is 5.38. The minimum atomic E-state index is -0.978. The van der Waals surface area contributed by atoms with Crippen LogP contribution in [0.2, 0.25) is 0 Å². The second kappa shape index (κ2) is 8.08. The standard InChI is InChI=1S/C16H23NO3S/c1-5-12(4)15(16(19)20)17-14(18)9-21-13-7-10(2)6-11(3)8-13/h6-8,12,15H,5,9H2,1-4H3,(H,17,18)(H,19,20). The van der Waals surface area contributed by atoms with E-state index in [9.17, 15) is 9.59 Å². The highest BCUT2D eigenvalue weighted by Gasteiger charge is 2.25. The molecule has 0 saturated carbocycles. The van der Waals surface area contributed by atoms with E-state index < -0.39 is 12.0 Å². The molecule has 0 heterocycles. The predicted octanol–water partition coefficient (Wildman–Crippen LogP) is 3.01. The van der Waals surface area contributed by atoms with Crippen molar-refractivity contribution in [2.45, 2.75) is 45.1 Å². The average molecular weight is 309 g/mol. The van der Waals surface area contributed by atoms with Crippen LogP contribution >= 0.6 is 11.8 Å². The van der Waals surface area contributed by atoms with Crippen molar-refractivity contribution in [2.24, 2.45) is 5.92 Å². The summed E-state index contributed by atoms with van der Waals surface area (Å²) in [6, 6.07) is 5.30. The number of carboxylic acid groups (broad SMARTS) is 1. The smallest absolute Gasteiger partial charge is 0.326 e. The molecule has 0 aromatic heterocycles. The molecule has 2 unspecified atom stereocenters. The molecule has 0 aliphatic carbocycles. The zero-order valence-electron chi connectivity index (χ0n) is 13.0. The van der Waals surface area contributed by atoms with Gasteiger partial charge in [0.25, 0.3) is 0 Å². The fourth-order valence-corrected chi connectivity index (χ4v) is 2.98. The van der Waals surface area contributed by atoms with E-state index >= 15 is 0 Å². The highest BCUT2D eigenvalue weighted by molar-refractivity contribution is 8.00. The fraction of sp³-hybridized carbons (Fsp3) is 0.500. The summed E-state index contributed by atoms with van der Waals surface area (Å²) in [5.41, 5.74) is 2.31. The molecule has 2 N–H and O–H groups in total. The third-order valence-electron chi connectivity index (χ3n) is 3.36.